The number of hydrogen-bond donors (Lipinski definition) is 1. The van der Waals surface area contributed by atoms with Crippen LogP contribution in [0.15, 0.2) is 18.2 Å². The van der Waals surface area contributed by atoms with Crippen LogP contribution < -0.4 is 10.1 Å². The third-order valence-electron chi connectivity index (χ3n) is 3.31. The monoisotopic (exact) mass is 305 g/mol. The average Bonchev–Trinajstić information content (AvgIpc) is 2.45. The SMILES string of the molecule is COc1ccc(Nc2nc(C(C)C)nc(Cl)c2C)c(C)c1. The number of hydrogen-bond acceptors (Lipinski definition) is 4. The van der Waals surface area contributed by atoms with Crippen molar-refractivity contribution >= 4 is 23.1 Å². The molecule has 0 bridgehead atoms. The normalized spacial score (nSPS) is 10.8. The highest BCUT2D eigenvalue weighted by atomic mass is 35.5. The van der Waals surface area contributed by atoms with Crippen LogP contribution in [-0.2, 0) is 0 Å². The Kier molecular flexibility index (Phi) is 4.68. The van der Waals surface area contributed by atoms with E-state index >= 15 is 0 Å². The van der Waals surface area contributed by atoms with Crippen molar-refractivity contribution in [3.8, 4) is 5.75 Å². The Morgan fingerprint density at radius 2 is 1.90 bits per heavy atom. The van der Waals surface area contributed by atoms with Crippen LogP contribution in [0.3, 0.4) is 0 Å². The van der Waals surface area contributed by atoms with E-state index in [1.54, 1.807) is 7.11 Å². The van der Waals surface area contributed by atoms with Crippen molar-refractivity contribution < 1.29 is 4.74 Å². The van der Waals surface area contributed by atoms with E-state index in [1.807, 2.05) is 45.9 Å². The number of ether oxygens (including phenoxy) is 1. The van der Waals surface area contributed by atoms with Crippen LogP contribution in [0.1, 0.15) is 36.7 Å². The van der Waals surface area contributed by atoms with Gasteiger partial charge in [-0.2, -0.15) is 0 Å². The second-order valence-corrected chi connectivity index (χ2v) is 5.66. The van der Waals surface area contributed by atoms with Crippen LogP contribution in [-0.4, -0.2) is 17.1 Å². The van der Waals surface area contributed by atoms with Gasteiger partial charge >= 0.3 is 0 Å². The second kappa shape index (κ2) is 6.31. The molecule has 21 heavy (non-hydrogen) atoms. The Labute approximate surface area is 130 Å². The summed E-state index contributed by atoms with van der Waals surface area (Å²) in [4.78, 5) is 8.89. The van der Waals surface area contributed by atoms with Crippen LogP contribution >= 0.6 is 11.6 Å². The lowest BCUT2D eigenvalue weighted by Gasteiger charge is -2.15. The predicted molar refractivity (Wildman–Crippen MR) is 86.9 cm³/mol. The van der Waals surface area contributed by atoms with E-state index in [9.17, 15) is 0 Å². The number of anilines is 2. The van der Waals surface area contributed by atoms with Crippen molar-refractivity contribution in [2.45, 2.75) is 33.6 Å². The summed E-state index contributed by atoms with van der Waals surface area (Å²) in [7, 11) is 1.66. The molecule has 1 heterocycles. The van der Waals surface area contributed by atoms with Gasteiger partial charge in [0.2, 0.25) is 0 Å². The van der Waals surface area contributed by atoms with Crippen LogP contribution in [0.5, 0.6) is 5.75 Å². The summed E-state index contributed by atoms with van der Waals surface area (Å²) in [5, 5.41) is 3.83. The second-order valence-electron chi connectivity index (χ2n) is 5.31. The van der Waals surface area contributed by atoms with E-state index in [4.69, 9.17) is 16.3 Å². The number of nitrogens with one attached hydrogen (secondary N) is 1. The van der Waals surface area contributed by atoms with Gasteiger partial charge in [-0.05, 0) is 37.6 Å². The van der Waals surface area contributed by atoms with E-state index in [0.717, 1.165) is 34.2 Å². The van der Waals surface area contributed by atoms with Crippen LogP contribution in [0.2, 0.25) is 5.15 Å². The molecule has 4 nitrogen and oxygen atoms in total. The molecule has 0 aliphatic carbocycles. The van der Waals surface area contributed by atoms with E-state index < -0.39 is 0 Å². The highest BCUT2D eigenvalue weighted by Gasteiger charge is 2.12. The molecule has 0 fully saturated rings. The summed E-state index contributed by atoms with van der Waals surface area (Å²) in [6, 6.07) is 5.86. The molecule has 0 spiro atoms. The molecule has 5 heteroatoms. The Bertz CT molecular complexity index is 656. The Hall–Kier alpha value is -1.81. The van der Waals surface area contributed by atoms with Crippen molar-refractivity contribution in [2.24, 2.45) is 0 Å². The predicted octanol–water partition coefficient (Wildman–Crippen LogP) is 4.62. The van der Waals surface area contributed by atoms with Crippen molar-refractivity contribution in [3.63, 3.8) is 0 Å². The fourth-order valence-electron chi connectivity index (χ4n) is 1.92. The van der Waals surface area contributed by atoms with Gasteiger partial charge in [-0.25, -0.2) is 9.97 Å². The summed E-state index contributed by atoms with van der Waals surface area (Å²) < 4.78 is 5.22. The fourth-order valence-corrected chi connectivity index (χ4v) is 2.09. The summed E-state index contributed by atoms with van der Waals surface area (Å²) in [5.74, 6) is 2.53. The molecule has 0 saturated heterocycles. The Morgan fingerprint density at radius 1 is 1.19 bits per heavy atom. The van der Waals surface area contributed by atoms with Gasteiger partial charge < -0.3 is 10.1 Å². The highest BCUT2D eigenvalue weighted by molar-refractivity contribution is 6.30. The number of aromatic nitrogens is 2. The molecule has 1 N–H and O–H groups in total. The highest BCUT2D eigenvalue weighted by Crippen LogP contribution is 2.28. The number of aryl methyl sites for hydroxylation is 1. The molecule has 1 aromatic heterocycles. The number of halogens is 1. The van der Waals surface area contributed by atoms with Gasteiger partial charge in [-0.1, -0.05) is 25.4 Å². The first-order valence-electron chi connectivity index (χ1n) is 6.88. The molecule has 2 aromatic rings. The van der Waals surface area contributed by atoms with Gasteiger partial charge in [0.15, 0.2) is 0 Å². The molecule has 1 aromatic carbocycles. The maximum Gasteiger partial charge on any atom is 0.138 e. The van der Waals surface area contributed by atoms with Crippen molar-refractivity contribution in [3.05, 3.63) is 40.3 Å². The molecule has 112 valence electrons. The first-order valence-corrected chi connectivity index (χ1v) is 7.26. The summed E-state index contributed by atoms with van der Waals surface area (Å²) in [6.07, 6.45) is 0. The van der Waals surface area contributed by atoms with E-state index in [2.05, 4.69) is 15.3 Å². The van der Waals surface area contributed by atoms with Crippen molar-refractivity contribution in [2.75, 3.05) is 12.4 Å². The Morgan fingerprint density at radius 3 is 2.48 bits per heavy atom. The minimum atomic E-state index is 0.223. The molecule has 0 aliphatic rings. The molecule has 0 radical (unpaired) electrons. The topological polar surface area (TPSA) is 47.0 Å². The van der Waals surface area contributed by atoms with Crippen LogP contribution in [0.4, 0.5) is 11.5 Å². The zero-order valence-electron chi connectivity index (χ0n) is 13.0. The lowest BCUT2D eigenvalue weighted by Crippen LogP contribution is -2.05. The lowest BCUT2D eigenvalue weighted by molar-refractivity contribution is 0.414. The third kappa shape index (κ3) is 3.45. The molecular formula is C16H20ClN3O. The Balaban J connectivity index is 2.39. The molecular weight excluding hydrogens is 286 g/mol. The van der Waals surface area contributed by atoms with Gasteiger partial charge in [0.25, 0.3) is 0 Å². The maximum atomic E-state index is 6.21. The van der Waals surface area contributed by atoms with E-state index in [0.29, 0.717) is 5.15 Å². The average molecular weight is 306 g/mol. The molecule has 2 rings (SSSR count). The van der Waals surface area contributed by atoms with Gasteiger partial charge in [0.1, 0.15) is 22.5 Å². The van der Waals surface area contributed by atoms with Gasteiger partial charge in [0, 0.05) is 17.2 Å². The van der Waals surface area contributed by atoms with E-state index in [1.165, 1.54) is 0 Å². The minimum Gasteiger partial charge on any atom is -0.497 e. The summed E-state index contributed by atoms with van der Waals surface area (Å²) >= 11 is 6.21. The third-order valence-corrected chi connectivity index (χ3v) is 3.67. The van der Waals surface area contributed by atoms with Crippen LogP contribution in [0.25, 0.3) is 0 Å². The first-order chi connectivity index (χ1) is 9.92. The zero-order chi connectivity index (χ0) is 15.6. The largest absolute Gasteiger partial charge is 0.497 e. The molecule has 0 aliphatic heterocycles. The van der Waals surface area contributed by atoms with Crippen LogP contribution in [0, 0.1) is 13.8 Å². The maximum absolute atomic E-state index is 6.21. The van der Waals surface area contributed by atoms with Gasteiger partial charge in [-0.3, -0.25) is 0 Å². The number of rotatable bonds is 4. The first kappa shape index (κ1) is 15.6. The van der Waals surface area contributed by atoms with Crippen molar-refractivity contribution in [1.82, 2.24) is 9.97 Å². The van der Waals surface area contributed by atoms with E-state index in [-0.39, 0.29) is 5.92 Å². The quantitative estimate of drug-likeness (QED) is 0.837. The summed E-state index contributed by atoms with van der Waals surface area (Å²) in [6.45, 7) is 8.02. The number of methoxy groups -OCH3 is 1. The molecule has 0 unspecified atom stereocenters. The minimum absolute atomic E-state index is 0.223. The molecule has 0 saturated carbocycles. The number of nitrogens with zero attached hydrogens (tertiary/aromatic N) is 2. The van der Waals surface area contributed by atoms with Gasteiger partial charge in [-0.15, -0.1) is 0 Å². The molecule has 0 amide bonds. The van der Waals surface area contributed by atoms with Crippen molar-refractivity contribution in [1.29, 1.82) is 0 Å². The van der Waals surface area contributed by atoms with Gasteiger partial charge in [0.05, 0.1) is 7.11 Å². The molecule has 0 atom stereocenters. The zero-order valence-corrected chi connectivity index (χ0v) is 13.7. The lowest BCUT2D eigenvalue weighted by atomic mass is 10.1. The fraction of sp³-hybridized carbons (Fsp3) is 0.375. The standard InChI is InChI=1S/C16H20ClN3O/c1-9(2)15-19-14(17)11(4)16(20-15)18-13-7-6-12(21-5)8-10(13)3/h6-9H,1-5H3,(H,18,19,20). The smallest absolute Gasteiger partial charge is 0.138 e. The number of benzene rings is 1. The summed E-state index contributed by atoms with van der Waals surface area (Å²) in [5.41, 5.74) is 2.90.